The van der Waals surface area contributed by atoms with E-state index in [0.717, 1.165) is 37.6 Å². The normalized spacial score (nSPS) is 24.0. The molecule has 0 aromatic heterocycles. The zero-order valence-electron chi connectivity index (χ0n) is 6.88. The second-order valence-electron chi connectivity index (χ2n) is 2.83. The summed E-state index contributed by atoms with van der Waals surface area (Å²) in [6.07, 6.45) is 9.22. The molecule has 0 aliphatic carbocycles. The average molecular weight is 349 g/mol. The summed E-state index contributed by atoms with van der Waals surface area (Å²) in [5.41, 5.74) is 0. The Morgan fingerprint density at radius 1 is 0.545 bits per heavy atom. The quantitative estimate of drug-likeness (QED) is 0.588. The molecule has 0 amide bonds. The molecule has 0 N–H and O–H groups in total. The fourth-order valence-electron chi connectivity index (χ4n) is 1.13. The van der Waals surface area contributed by atoms with E-state index >= 15 is 0 Å². The van der Waals surface area contributed by atoms with E-state index in [4.69, 9.17) is 0 Å². The van der Waals surface area contributed by atoms with Gasteiger partial charge in [-0.3, -0.25) is 0 Å². The summed E-state index contributed by atoms with van der Waals surface area (Å²) in [4.78, 5) is 0. The first-order chi connectivity index (χ1) is 5.50. The average Bonchev–Trinajstić information content (AvgIpc) is 2.08. The Labute approximate surface area is 86.2 Å². The molecule has 11 heavy (non-hydrogen) atoms. The van der Waals surface area contributed by atoms with Crippen LogP contribution in [0.3, 0.4) is 0 Å². The standard InChI is InChI=1S/C8H16Se3/c1-2-4-6-8-10-11-9-7-5-3-1/h1-8H2. The van der Waals surface area contributed by atoms with Gasteiger partial charge in [0, 0.05) is 0 Å². The van der Waals surface area contributed by atoms with Crippen molar-refractivity contribution < 1.29 is 0 Å². The van der Waals surface area contributed by atoms with E-state index in [1.54, 1.807) is 23.5 Å². The van der Waals surface area contributed by atoms with Gasteiger partial charge < -0.3 is 0 Å². The van der Waals surface area contributed by atoms with Crippen LogP contribution in [0.15, 0.2) is 0 Å². The predicted molar refractivity (Wildman–Crippen MR) is 54.6 cm³/mol. The Balaban J connectivity index is 2.02. The molecule has 0 spiro atoms. The van der Waals surface area contributed by atoms with Crippen LogP contribution in [0.4, 0.5) is 0 Å². The summed E-state index contributed by atoms with van der Waals surface area (Å²) in [6.45, 7) is 0. The van der Waals surface area contributed by atoms with Crippen molar-refractivity contribution in [3.63, 3.8) is 0 Å². The molecule has 0 aromatic rings. The fraction of sp³-hybridized carbons (Fsp3) is 1.00. The Kier molecular flexibility index (Phi) is 7.90. The molecule has 0 atom stereocenters. The van der Waals surface area contributed by atoms with Crippen LogP contribution in [-0.4, -0.2) is 37.6 Å². The van der Waals surface area contributed by atoms with Gasteiger partial charge in [0.15, 0.2) is 0 Å². The summed E-state index contributed by atoms with van der Waals surface area (Å²) in [5.74, 6) is 0. The van der Waals surface area contributed by atoms with Gasteiger partial charge >= 0.3 is 86.7 Å². The van der Waals surface area contributed by atoms with Crippen molar-refractivity contribution in [1.82, 2.24) is 0 Å². The third-order valence-electron chi connectivity index (χ3n) is 1.80. The van der Waals surface area contributed by atoms with Crippen molar-refractivity contribution >= 4 is 37.6 Å². The topological polar surface area (TPSA) is 0 Å². The molecule has 0 saturated carbocycles. The first-order valence-electron chi connectivity index (χ1n) is 4.41. The number of hydrogen-bond donors (Lipinski definition) is 0. The van der Waals surface area contributed by atoms with Crippen LogP contribution in [0.1, 0.15) is 38.5 Å². The van der Waals surface area contributed by atoms with Crippen molar-refractivity contribution in [2.45, 2.75) is 49.2 Å². The van der Waals surface area contributed by atoms with Crippen LogP contribution in [0.25, 0.3) is 0 Å². The molecule has 0 unspecified atom stereocenters. The number of hydrogen-bond acceptors (Lipinski definition) is 0. The fourth-order valence-corrected chi connectivity index (χ4v) is 19.3. The molecule has 1 rings (SSSR count). The van der Waals surface area contributed by atoms with E-state index in [2.05, 4.69) is 0 Å². The summed E-state index contributed by atoms with van der Waals surface area (Å²) in [6, 6.07) is 0. The minimum absolute atomic E-state index is 1.09. The van der Waals surface area contributed by atoms with E-state index in [1.165, 1.54) is 25.7 Å². The van der Waals surface area contributed by atoms with Crippen molar-refractivity contribution in [3.8, 4) is 0 Å². The zero-order chi connectivity index (χ0) is 7.78. The Bertz CT molecular complexity index is 47.4. The van der Waals surface area contributed by atoms with E-state index in [1.807, 2.05) is 0 Å². The molecule has 1 aliphatic heterocycles. The van der Waals surface area contributed by atoms with Gasteiger partial charge in [0.25, 0.3) is 0 Å². The van der Waals surface area contributed by atoms with Crippen molar-refractivity contribution in [2.75, 3.05) is 0 Å². The van der Waals surface area contributed by atoms with Gasteiger partial charge in [-0.2, -0.15) is 0 Å². The maximum absolute atomic E-state index is 1.61. The summed E-state index contributed by atoms with van der Waals surface area (Å²) < 4.78 is 0. The van der Waals surface area contributed by atoms with Crippen molar-refractivity contribution in [1.29, 1.82) is 0 Å². The Morgan fingerprint density at radius 3 is 1.55 bits per heavy atom. The molecule has 0 radical (unpaired) electrons. The van der Waals surface area contributed by atoms with E-state index in [-0.39, 0.29) is 0 Å². The monoisotopic (exact) mass is 352 g/mol. The summed E-state index contributed by atoms with van der Waals surface area (Å²) in [7, 11) is 0. The SMILES string of the molecule is C1CCCC[Se][Se][Se]CCC1. The Hall–Kier alpha value is 1.56. The van der Waals surface area contributed by atoms with E-state index in [0.29, 0.717) is 0 Å². The molecule has 1 fully saturated rings. The van der Waals surface area contributed by atoms with Gasteiger partial charge in [-0.15, -0.1) is 0 Å². The van der Waals surface area contributed by atoms with Gasteiger partial charge in [0.05, 0.1) is 0 Å². The van der Waals surface area contributed by atoms with Crippen molar-refractivity contribution in [2.24, 2.45) is 0 Å². The third-order valence-corrected chi connectivity index (χ3v) is 20.7. The second-order valence-corrected chi connectivity index (χ2v) is 20.2. The van der Waals surface area contributed by atoms with Crippen LogP contribution in [0.2, 0.25) is 10.6 Å². The molecule has 1 heterocycles. The van der Waals surface area contributed by atoms with Crippen LogP contribution in [0.5, 0.6) is 0 Å². The van der Waals surface area contributed by atoms with Gasteiger partial charge in [0.1, 0.15) is 0 Å². The Morgan fingerprint density at radius 2 is 1.00 bits per heavy atom. The van der Waals surface area contributed by atoms with Gasteiger partial charge in [-0.05, 0) is 0 Å². The molecular formula is C8H16Se3. The van der Waals surface area contributed by atoms with Crippen LogP contribution < -0.4 is 0 Å². The molecule has 0 nitrogen and oxygen atoms in total. The zero-order valence-corrected chi connectivity index (χ0v) is 12.0. The summed E-state index contributed by atoms with van der Waals surface area (Å²) >= 11 is 3.32. The van der Waals surface area contributed by atoms with E-state index in [9.17, 15) is 0 Å². The molecule has 3 heteroatoms. The molecular weight excluding hydrogens is 333 g/mol. The van der Waals surface area contributed by atoms with Crippen molar-refractivity contribution in [3.05, 3.63) is 0 Å². The van der Waals surface area contributed by atoms with Crippen LogP contribution >= 0.6 is 0 Å². The summed E-state index contributed by atoms with van der Waals surface area (Å²) in [5, 5.41) is 3.21. The molecule has 1 aliphatic rings. The predicted octanol–water partition coefficient (Wildman–Crippen LogP) is 2.12. The molecule has 0 aromatic carbocycles. The first kappa shape index (κ1) is 10.6. The van der Waals surface area contributed by atoms with Gasteiger partial charge in [0.2, 0.25) is 0 Å². The van der Waals surface area contributed by atoms with Crippen LogP contribution in [0, 0.1) is 0 Å². The van der Waals surface area contributed by atoms with Gasteiger partial charge in [-0.25, -0.2) is 0 Å². The molecule has 66 valence electrons. The molecule has 1 saturated heterocycles. The minimum atomic E-state index is 1.09. The van der Waals surface area contributed by atoms with E-state index < -0.39 is 0 Å². The molecule has 0 bridgehead atoms. The maximum atomic E-state index is 1.61. The third kappa shape index (κ3) is 6.70. The number of rotatable bonds is 0. The first-order valence-corrected chi connectivity index (χ1v) is 15.5. The second kappa shape index (κ2) is 8.17. The van der Waals surface area contributed by atoms with Gasteiger partial charge in [-0.1, -0.05) is 0 Å². The van der Waals surface area contributed by atoms with Crippen LogP contribution in [-0.2, 0) is 0 Å².